The van der Waals surface area contributed by atoms with Crippen molar-refractivity contribution >= 4 is 44.6 Å². The van der Waals surface area contributed by atoms with Crippen molar-refractivity contribution in [3.63, 3.8) is 0 Å². The van der Waals surface area contributed by atoms with Crippen LogP contribution in [0.1, 0.15) is 6.42 Å². The van der Waals surface area contributed by atoms with E-state index < -0.39 is 15.7 Å². The molecule has 5 nitrogen and oxygen atoms in total. The zero-order valence-corrected chi connectivity index (χ0v) is 15.1. The van der Waals surface area contributed by atoms with Gasteiger partial charge in [-0.3, -0.25) is 4.79 Å². The minimum absolute atomic E-state index is 0.0334. The number of hydrogen-bond donors (Lipinski definition) is 1. The van der Waals surface area contributed by atoms with E-state index in [1.807, 2.05) is 0 Å². The van der Waals surface area contributed by atoms with Crippen molar-refractivity contribution in [2.24, 2.45) is 0 Å². The lowest BCUT2D eigenvalue weighted by Gasteiger charge is -2.08. The molecule has 0 spiro atoms. The predicted molar refractivity (Wildman–Crippen MR) is 94.8 cm³/mol. The lowest BCUT2D eigenvalue weighted by Crippen LogP contribution is -2.17. The van der Waals surface area contributed by atoms with E-state index >= 15 is 0 Å². The minimum Gasteiger partial charge on any atom is -0.497 e. The zero-order chi connectivity index (χ0) is 17.7. The van der Waals surface area contributed by atoms with E-state index in [0.29, 0.717) is 11.4 Å². The molecule has 0 aliphatic rings. The molecule has 1 amide bonds. The molecule has 8 heteroatoms. The molecule has 0 atom stereocenters. The predicted octanol–water partition coefficient (Wildman–Crippen LogP) is 3.80. The number of ether oxygens (including phenoxy) is 1. The Labute approximate surface area is 150 Å². The van der Waals surface area contributed by atoms with E-state index in [4.69, 9.17) is 27.9 Å². The summed E-state index contributed by atoms with van der Waals surface area (Å²) < 4.78 is 29.6. The Bertz CT molecular complexity index is 853. The second-order valence-corrected chi connectivity index (χ2v) is 7.85. The molecular formula is C16H15Cl2NO4S. The first-order valence-corrected chi connectivity index (χ1v) is 9.34. The summed E-state index contributed by atoms with van der Waals surface area (Å²) in [5.74, 6) is -0.149. The lowest BCUT2D eigenvalue weighted by atomic mass is 10.3. The van der Waals surface area contributed by atoms with E-state index in [-0.39, 0.29) is 27.1 Å². The van der Waals surface area contributed by atoms with Crippen LogP contribution in [0.2, 0.25) is 10.0 Å². The highest BCUT2D eigenvalue weighted by atomic mass is 35.5. The molecule has 0 saturated carbocycles. The van der Waals surface area contributed by atoms with Crippen LogP contribution < -0.4 is 10.1 Å². The molecule has 0 aliphatic heterocycles. The summed E-state index contributed by atoms with van der Waals surface area (Å²) in [6, 6.07) is 10.8. The first-order chi connectivity index (χ1) is 11.3. The Morgan fingerprint density at radius 2 is 1.88 bits per heavy atom. The van der Waals surface area contributed by atoms with E-state index in [1.165, 1.54) is 25.3 Å². The van der Waals surface area contributed by atoms with Crippen LogP contribution in [0.25, 0.3) is 0 Å². The number of nitrogens with one attached hydrogen (secondary N) is 1. The summed E-state index contributed by atoms with van der Waals surface area (Å²) in [6.07, 6.45) is -0.181. The molecule has 0 bridgehead atoms. The second-order valence-electron chi connectivity index (χ2n) is 4.92. The van der Waals surface area contributed by atoms with Gasteiger partial charge in [-0.1, -0.05) is 29.3 Å². The zero-order valence-electron chi connectivity index (χ0n) is 12.8. The van der Waals surface area contributed by atoms with Gasteiger partial charge in [0.25, 0.3) is 0 Å². The Morgan fingerprint density at radius 3 is 2.54 bits per heavy atom. The molecule has 0 aromatic heterocycles. The molecule has 2 aromatic rings. The number of amides is 1. The molecule has 0 heterocycles. The second kappa shape index (κ2) is 7.88. The number of benzene rings is 2. The fourth-order valence-corrected chi connectivity index (χ4v) is 3.56. The normalized spacial score (nSPS) is 11.1. The molecule has 0 fully saturated rings. The molecule has 128 valence electrons. The Balaban J connectivity index is 2.00. The van der Waals surface area contributed by atoms with Crippen LogP contribution in [0.3, 0.4) is 0 Å². The number of anilines is 1. The number of carbonyl (C=O) groups excluding carboxylic acids is 1. The van der Waals surface area contributed by atoms with Crippen molar-refractivity contribution in [3.05, 3.63) is 52.5 Å². The first kappa shape index (κ1) is 18.6. The van der Waals surface area contributed by atoms with Crippen LogP contribution in [0.4, 0.5) is 5.69 Å². The molecule has 1 N–H and O–H groups in total. The van der Waals surface area contributed by atoms with Crippen molar-refractivity contribution in [1.29, 1.82) is 0 Å². The fourth-order valence-electron chi connectivity index (χ4n) is 1.94. The summed E-state index contributed by atoms with van der Waals surface area (Å²) in [6.45, 7) is 0. The third kappa shape index (κ3) is 4.87. The summed E-state index contributed by atoms with van der Waals surface area (Å²) in [5.41, 5.74) is 0.534. The number of halogens is 2. The van der Waals surface area contributed by atoms with Gasteiger partial charge in [-0.2, -0.15) is 0 Å². The molecular weight excluding hydrogens is 373 g/mol. The maximum atomic E-state index is 12.3. The van der Waals surface area contributed by atoms with Crippen LogP contribution in [0.15, 0.2) is 47.4 Å². The van der Waals surface area contributed by atoms with E-state index in [1.54, 1.807) is 24.3 Å². The monoisotopic (exact) mass is 387 g/mol. The van der Waals surface area contributed by atoms with Crippen LogP contribution in [-0.4, -0.2) is 27.2 Å². The third-order valence-electron chi connectivity index (χ3n) is 3.20. The molecule has 0 saturated heterocycles. The number of sulfone groups is 1. The summed E-state index contributed by atoms with van der Waals surface area (Å²) >= 11 is 11.6. The van der Waals surface area contributed by atoms with Gasteiger partial charge in [0.05, 0.1) is 27.8 Å². The van der Waals surface area contributed by atoms with Crippen molar-refractivity contribution in [1.82, 2.24) is 0 Å². The molecule has 24 heavy (non-hydrogen) atoms. The van der Waals surface area contributed by atoms with Crippen LogP contribution in [0, 0.1) is 0 Å². The van der Waals surface area contributed by atoms with Gasteiger partial charge < -0.3 is 10.1 Å². The van der Waals surface area contributed by atoms with Gasteiger partial charge in [0.1, 0.15) is 5.75 Å². The summed E-state index contributed by atoms with van der Waals surface area (Å²) in [4.78, 5) is 12.0. The topological polar surface area (TPSA) is 72.5 Å². The Hall–Kier alpha value is -1.76. The summed E-state index contributed by atoms with van der Waals surface area (Å²) in [5, 5.41) is 3.05. The maximum Gasteiger partial charge on any atom is 0.225 e. The first-order valence-electron chi connectivity index (χ1n) is 6.93. The maximum absolute atomic E-state index is 12.3. The van der Waals surface area contributed by atoms with Crippen LogP contribution >= 0.6 is 23.2 Å². The third-order valence-corrected chi connectivity index (χ3v) is 5.65. The highest BCUT2D eigenvalue weighted by molar-refractivity contribution is 7.91. The standard InChI is InChI=1S/C16H15Cl2NO4S/c1-23-12-4-2-3-11(9-12)19-16(20)7-8-24(21,22)13-5-6-14(17)15(18)10-13/h2-6,9-10H,7-8H2,1H3,(H,19,20). The van der Waals surface area contributed by atoms with Crippen LogP contribution in [-0.2, 0) is 14.6 Å². The minimum atomic E-state index is -3.63. The largest absolute Gasteiger partial charge is 0.497 e. The van der Waals surface area contributed by atoms with Crippen LogP contribution in [0.5, 0.6) is 5.75 Å². The van der Waals surface area contributed by atoms with Crippen molar-refractivity contribution in [2.75, 3.05) is 18.2 Å². The highest BCUT2D eigenvalue weighted by Gasteiger charge is 2.18. The lowest BCUT2D eigenvalue weighted by molar-refractivity contribution is -0.115. The van der Waals surface area contributed by atoms with Gasteiger partial charge in [-0.15, -0.1) is 0 Å². The van der Waals surface area contributed by atoms with Crippen molar-refractivity contribution in [3.8, 4) is 5.75 Å². The van der Waals surface area contributed by atoms with E-state index in [2.05, 4.69) is 5.32 Å². The molecule has 0 radical (unpaired) electrons. The number of carbonyl (C=O) groups is 1. The SMILES string of the molecule is COc1cccc(NC(=O)CCS(=O)(=O)c2ccc(Cl)c(Cl)c2)c1. The van der Waals surface area contributed by atoms with E-state index in [0.717, 1.165) is 0 Å². The van der Waals surface area contributed by atoms with Crippen molar-refractivity contribution < 1.29 is 17.9 Å². The average molecular weight is 388 g/mol. The van der Waals surface area contributed by atoms with Gasteiger partial charge in [0.2, 0.25) is 5.91 Å². The van der Waals surface area contributed by atoms with Gasteiger partial charge in [0, 0.05) is 18.2 Å². The van der Waals surface area contributed by atoms with Gasteiger partial charge in [0.15, 0.2) is 9.84 Å². The van der Waals surface area contributed by atoms with Gasteiger partial charge in [-0.05, 0) is 30.3 Å². The quantitative estimate of drug-likeness (QED) is 0.817. The molecule has 2 rings (SSSR count). The van der Waals surface area contributed by atoms with Gasteiger partial charge in [-0.25, -0.2) is 8.42 Å². The Morgan fingerprint density at radius 1 is 1.12 bits per heavy atom. The number of rotatable bonds is 6. The molecule has 0 unspecified atom stereocenters. The highest BCUT2D eigenvalue weighted by Crippen LogP contribution is 2.25. The van der Waals surface area contributed by atoms with Crippen molar-refractivity contribution in [2.45, 2.75) is 11.3 Å². The summed E-state index contributed by atoms with van der Waals surface area (Å²) in [7, 11) is -2.11. The smallest absolute Gasteiger partial charge is 0.225 e. The fraction of sp³-hybridized carbons (Fsp3) is 0.188. The Kier molecular flexibility index (Phi) is 6.10. The van der Waals surface area contributed by atoms with Gasteiger partial charge >= 0.3 is 0 Å². The molecule has 2 aromatic carbocycles. The molecule has 0 aliphatic carbocycles. The van der Waals surface area contributed by atoms with E-state index in [9.17, 15) is 13.2 Å². The number of methoxy groups -OCH3 is 1. The number of hydrogen-bond acceptors (Lipinski definition) is 4. The average Bonchev–Trinajstić information content (AvgIpc) is 2.55.